The van der Waals surface area contributed by atoms with Crippen molar-refractivity contribution >= 4 is 43.3 Å². The Morgan fingerprint density at radius 1 is 1.57 bits per heavy atom. The monoisotopic (exact) mass is 270 g/mol. The van der Waals surface area contributed by atoms with Gasteiger partial charge >= 0.3 is 0 Å². The molecule has 3 nitrogen and oxygen atoms in total. The van der Waals surface area contributed by atoms with Gasteiger partial charge in [0.15, 0.2) is 5.01 Å². The van der Waals surface area contributed by atoms with Crippen LogP contribution in [0.1, 0.15) is 9.80 Å². The molecule has 5 heteroatoms. The van der Waals surface area contributed by atoms with E-state index in [0.29, 0.717) is 5.01 Å². The highest BCUT2D eigenvalue weighted by Crippen LogP contribution is 2.25. The van der Waals surface area contributed by atoms with Crippen molar-refractivity contribution in [2.24, 2.45) is 5.73 Å². The first-order chi connectivity index (χ1) is 6.70. The van der Waals surface area contributed by atoms with Crippen LogP contribution in [-0.4, -0.2) is 17.3 Å². The fourth-order valence-corrected chi connectivity index (χ4v) is 2.57. The highest BCUT2D eigenvalue weighted by atomic mass is 79.9. The Balaban J connectivity index is 2.56. The summed E-state index contributed by atoms with van der Waals surface area (Å²) < 4.78 is 1.98. The average Bonchev–Trinajstić information content (AvgIpc) is 2.59. The van der Waals surface area contributed by atoms with Gasteiger partial charge in [-0.2, -0.15) is 0 Å². The van der Waals surface area contributed by atoms with Crippen molar-refractivity contribution in [1.29, 1.82) is 0 Å². The summed E-state index contributed by atoms with van der Waals surface area (Å²) >= 11 is 4.74. The standard InChI is InChI=1S/C9H7BrN2OS/c10-5-1-2-6-8(3-5)14-9(12-6)7(13)4-11/h1-3H,4,11H2. The van der Waals surface area contributed by atoms with Gasteiger partial charge in [-0.15, -0.1) is 11.3 Å². The first kappa shape index (κ1) is 9.76. The van der Waals surface area contributed by atoms with E-state index in [1.165, 1.54) is 11.3 Å². The van der Waals surface area contributed by atoms with E-state index in [2.05, 4.69) is 20.9 Å². The van der Waals surface area contributed by atoms with Gasteiger partial charge in [-0.05, 0) is 18.2 Å². The number of hydrogen-bond acceptors (Lipinski definition) is 4. The molecule has 0 saturated carbocycles. The minimum Gasteiger partial charge on any atom is -0.324 e. The summed E-state index contributed by atoms with van der Waals surface area (Å²) in [5.41, 5.74) is 6.11. The molecule has 72 valence electrons. The lowest BCUT2D eigenvalue weighted by Crippen LogP contribution is -2.12. The fraction of sp³-hybridized carbons (Fsp3) is 0.111. The van der Waals surface area contributed by atoms with E-state index in [4.69, 9.17) is 5.73 Å². The molecule has 0 aliphatic heterocycles. The Hall–Kier alpha value is -0.780. The minimum atomic E-state index is -0.109. The van der Waals surface area contributed by atoms with Crippen LogP contribution < -0.4 is 5.73 Å². The lowest BCUT2D eigenvalue weighted by molar-refractivity contribution is 0.100. The molecule has 0 aliphatic rings. The fourth-order valence-electron chi connectivity index (χ4n) is 1.11. The zero-order valence-corrected chi connectivity index (χ0v) is 9.56. The van der Waals surface area contributed by atoms with Gasteiger partial charge in [-0.1, -0.05) is 15.9 Å². The Morgan fingerprint density at radius 3 is 3.07 bits per heavy atom. The Morgan fingerprint density at radius 2 is 2.36 bits per heavy atom. The van der Waals surface area contributed by atoms with Crippen molar-refractivity contribution in [2.45, 2.75) is 0 Å². The summed E-state index contributed by atoms with van der Waals surface area (Å²) in [6, 6.07) is 5.72. The topological polar surface area (TPSA) is 56.0 Å². The van der Waals surface area contributed by atoms with E-state index in [0.717, 1.165) is 14.7 Å². The maximum absolute atomic E-state index is 11.3. The van der Waals surface area contributed by atoms with Gasteiger partial charge in [0.1, 0.15) is 0 Å². The number of benzene rings is 1. The van der Waals surface area contributed by atoms with E-state index in [1.54, 1.807) is 0 Å². The number of Topliss-reactive ketones (excluding diaryl/α,β-unsaturated/α-hetero) is 1. The van der Waals surface area contributed by atoms with Crippen LogP contribution in [0.25, 0.3) is 10.2 Å². The van der Waals surface area contributed by atoms with E-state index in [1.807, 2.05) is 18.2 Å². The van der Waals surface area contributed by atoms with Crippen LogP contribution in [0.4, 0.5) is 0 Å². The molecule has 0 aliphatic carbocycles. The number of fused-ring (bicyclic) bond motifs is 1. The Bertz CT molecular complexity index is 495. The molecule has 2 rings (SSSR count). The van der Waals surface area contributed by atoms with Crippen LogP contribution in [0.2, 0.25) is 0 Å². The Labute approximate surface area is 93.1 Å². The molecule has 0 fully saturated rings. The number of rotatable bonds is 2. The third kappa shape index (κ3) is 1.70. The molecular weight excluding hydrogens is 264 g/mol. The second kappa shape index (κ2) is 3.76. The van der Waals surface area contributed by atoms with Gasteiger partial charge in [-0.3, -0.25) is 4.79 Å². The lowest BCUT2D eigenvalue weighted by Gasteiger charge is -1.86. The molecule has 0 saturated heterocycles. The highest BCUT2D eigenvalue weighted by molar-refractivity contribution is 9.10. The molecule has 0 radical (unpaired) electrons. The number of carbonyl (C=O) groups is 1. The van der Waals surface area contributed by atoms with Crippen molar-refractivity contribution in [3.63, 3.8) is 0 Å². The van der Waals surface area contributed by atoms with Crippen LogP contribution in [0.15, 0.2) is 22.7 Å². The number of thiazole rings is 1. The van der Waals surface area contributed by atoms with Gasteiger partial charge in [0.2, 0.25) is 5.78 Å². The van der Waals surface area contributed by atoms with Gasteiger partial charge < -0.3 is 5.73 Å². The van der Waals surface area contributed by atoms with Crippen LogP contribution in [0.5, 0.6) is 0 Å². The maximum atomic E-state index is 11.3. The van der Waals surface area contributed by atoms with Crippen LogP contribution in [-0.2, 0) is 0 Å². The SMILES string of the molecule is NCC(=O)c1nc2ccc(Br)cc2s1. The van der Waals surface area contributed by atoms with Crippen molar-refractivity contribution in [3.8, 4) is 0 Å². The number of nitrogens with zero attached hydrogens (tertiary/aromatic N) is 1. The molecule has 0 spiro atoms. The van der Waals surface area contributed by atoms with Crippen molar-refractivity contribution < 1.29 is 4.79 Å². The molecule has 1 aromatic heterocycles. The summed E-state index contributed by atoms with van der Waals surface area (Å²) in [5.74, 6) is -0.109. The molecule has 2 N–H and O–H groups in total. The van der Waals surface area contributed by atoms with Gasteiger partial charge in [0.25, 0.3) is 0 Å². The zero-order chi connectivity index (χ0) is 10.1. The molecule has 0 atom stereocenters. The summed E-state index contributed by atoms with van der Waals surface area (Å²) in [6.45, 7) is 0.0149. The van der Waals surface area contributed by atoms with Crippen molar-refractivity contribution in [2.75, 3.05) is 6.54 Å². The molecule has 0 amide bonds. The highest BCUT2D eigenvalue weighted by Gasteiger charge is 2.10. The second-order valence-corrected chi connectivity index (χ2v) is 4.70. The minimum absolute atomic E-state index is 0.0149. The number of halogens is 1. The number of carbonyl (C=O) groups excluding carboxylic acids is 1. The predicted octanol–water partition coefficient (Wildman–Crippen LogP) is 2.20. The summed E-state index contributed by atoms with van der Waals surface area (Å²) in [4.78, 5) is 15.5. The number of ketones is 1. The smallest absolute Gasteiger partial charge is 0.204 e. The molecule has 1 heterocycles. The van der Waals surface area contributed by atoms with E-state index in [9.17, 15) is 4.79 Å². The third-order valence-electron chi connectivity index (χ3n) is 1.77. The average molecular weight is 271 g/mol. The number of hydrogen-bond donors (Lipinski definition) is 1. The maximum Gasteiger partial charge on any atom is 0.204 e. The molecule has 14 heavy (non-hydrogen) atoms. The van der Waals surface area contributed by atoms with Crippen molar-refractivity contribution in [1.82, 2.24) is 4.98 Å². The lowest BCUT2D eigenvalue weighted by atomic mass is 10.3. The largest absolute Gasteiger partial charge is 0.324 e. The van der Waals surface area contributed by atoms with Gasteiger partial charge in [0, 0.05) is 4.47 Å². The van der Waals surface area contributed by atoms with Crippen LogP contribution >= 0.6 is 27.3 Å². The number of aromatic nitrogens is 1. The molecule has 2 aromatic rings. The first-order valence-corrected chi connectivity index (χ1v) is 5.61. The normalized spacial score (nSPS) is 10.7. The van der Waals surface area contributed by atoms with Crippen molar-refractivity contribution in [3.05, 3.63) is 27.7 Å². The van der Waals surface area contributed by atoms with E-state index in [-0.39, 0.29) is 12.3 Å². The Kier molecular flexibility index (Phi) is 2.62. The van der Waals surface area contributed by atoms with Gasteiger partial charge in [0.05, 0.1) is 16.8 Å². The molecule has 0 bridgehead atoms. The molecule has 1 aromatic carbocycles. The summed E-state index contributed by atoms with van der Waals surface area (Å²) in [5, 5.41) is 0.487. The van der Waals surface area contributed by atoms with E-state index < -0.39 is 0 Å². The summed E-state index contributed by atoms with van der Waals surface area (Å²) in [6.07, 6.45) is 0. The van der Waals surface area contributed by atoms with E-state index >= 15 is 0 Å². The summed E-state index contributed by atoms with van der Waals surface area (Å²) in [7, 11) is 0. The first-order valence-electron chi connectivity index (χ1n) is 4.00. The third-order valence-corrected chi connectivity index (χ3v) is 3.33. The van der Waals surface area contributed by atoms with Crippen LogP contribution in [0.3, 0.4) is 0 Å². The zero-order valence-electron chi connectivity index (χ0n) is 7.16. The predicted molar refractivity (Wildman–Crippen MR) is 60.7 cm³/mol. The molecular formula is C9H7BrN2OS. The van der Waals surface area contributed by atoms with Crippen LogP contribution in [0, 0.1) is 0 Å². The molecule has 0 unspecified atom stereocenters. The number of nitrogens with two attached hydrogens (primary N) is 1. The quantitative estimate of drug-likeness (QED) is 0.852. The second-order valence-electron chi connectivity index (χ2n) is 2.76. The van der Waals surface area contributed by atoms with Gasteiger partial charge in [-0.25, -0.2) is 4.98 Å².